The molecule has 0 saturated carbocycles. The third-order valence-corrected chi connectivity index (χ3v) is 5.78. The number of hydrogen-bond donors (Lipinski definition) is 0. The molecule has 0 atom stereocenters. The smallest absolute Gasteiger partial charge is 0.132 e. The van der Waals surface area contributed by atoms with Crippen molar-refractivity contribution in [3.63, 3.8) is 0 Å². The Kier molecular flexibility index (Phi) is 5.72. The second kappa shape index (κ2) is 7.77. The zero-order chi connectivity index (χ0) is 16.2. The lowest BCUT2D eigenvalue weighted by Crippen LogP contribution is -2.59. The van der Waals surface area contributed by atoms with Crippen LogP contribution in [0.3, 0.4) is 0 Å². The average Bonchev–Trinajstić information content (AvgIpc) is 2.57. The molecule has 2 fully saturated rings. The monoisotopic (exact) mass is 336 g/mol. The van der Waals surface area contributed by atoms with E-state index in [2.05, 4.69) is 28.2 Å². The number of rotatable bonds is 6. The predicted octanol–water partition coefficient (Wildman–Crippen LogP) is 3.10. The first-order valence-electron chi connectivity index (χ1n) is 8.50. The van der Waals surface area contributed by atoms with Crippen LogP contribution in [0.1, 0.15) is 24.8 Å². The first-order valence-corrected chi connectivity index (χ1v) is 9.73. The van der Waals surface area contributed by atoms with E-state index in [1.54, 1.807) is 26.0 Å². The fourth-order valence-corrected chi connectivity index (χ4v) is 4.21. The van der Waals surface area contributed by atoms with Crippen molar-refractivity contribution in [2.24, 2.45) is 0 Å². The van der Waals surface area contributed by atoms with Crippen LogP contribution in [0, 0.1) is 0 Å². The van der Waals surface area contributed by atoms with E-state index in [9.17, 15) is 0 Å². The molecule has 23 heavy (non-hydrogen) atoms. The molecule has 0 amide bonds. The fourth-order valence-electron chi connectivity index (χ4n) is 3.64. The zero-order valence-corrected chi connectivity index (χ0v) is 15.3. The van der Waals surface area contributed by atoms with E-state index in [0.717, 1.165) is 29.0 Å². The fraction of sp³-hybridized carbons (Fsp3) is 0.667. The van der Waals surface area contributed by atoms with Crippen LogP contribution in [-0.2, 0) is 6.54 Å². The minimum absolute atomic E-state index is 0.758. The van der Waals surface area contributed by atoms with Crippen LogP contribution in [-0.4, -0.2) is 62.5 Å². The van der Waals surface area contributed by atoms with Crippen molar-refractivity contribution in [3.8, 4) is 11.5 Å². The van der Waals surface area contributed by atoms with Crippen molar-refractivity contribution in [2.45, 2.75) is 36.7 Å². The molecule has 0 bridgehead atoms. The number of nitrogens with zero attached hydrogens (tertiary/aromatic N) is 2. The summed E-state index contributed by atoms with van der Waals surface area (Å²) in [5.41, 5.74) is 1.22. The molecule has 3 rings (SSSR count). The van der Waals surface area contributed by atoms with E-state index in [1.807, 2.05) is 0 Å². The summed E-state index contributed by atoms with van der Waals surface area (Å²) in [6.45, 7) is 5.88. The van der Waals surface area contributed by atoms with Gasteiger partial charge in [0.1, 0.15) is 11.5 Å². The minimum Gasteiger partial charge on any atom is -0.496 e. The highest BCUT2D eigenvalue weighted by atomic mass is 32.2. The largest absolute Gasteiger partial charge is 0.496 e. The van der Waals surface area contributed by atoms with Gasteiger partial charge >= 0.3 is 0 Å². The number of benzene rings is 1. The van der Waals surface area contributed by atoms with Gasteiger partial charge in [-0.2, -0.15) is 0 Å². The Morgan fingerprint density at radius 2 is 1.74 bits per heavy atom. The van der Waals surface area contributed by atoms with E-state index in [-0.39, 0.29) is 0 Å². The van der Waals surface area contributed by atoms with Gasteiger partial charge in [-0.25, -0.2) is 0 Å². The van der Waals surface area contributed by atoms with Crippen molar-refractivity contribution < 1.29 is 9.47 Å². The lowest BCUT2D eigenvalue weighted by atomic mass is 10.0. The van der Waals surface area contributed by atoms with E-state index < -0.39 is 0 Å². The van der Waals surface area contributed by atoms with Gasteiger partial charge in [-0.05, 0) is 44.3 Å². The molecular weight excluding hydrogens is 308 g/mol. The number of thioether (sulfide) groups is 1. The van der Waals surface area contributed by atoms with Gasteiger partial charge in [0.2, 0.25) is 0 Å². The summed E-state index contributed by atoms with van der Waals surface area (Å²) < 4.78 is 11.1. The summed E-state index contributed by atoms with van der Waals surface area (Å²) in [6, 6.07) is 4.99. The van der Waals surface area contributed by atoms with Crippen LogP contribution in [0.15, 0.2) is 17.0 Å². The molecule has 1 aromatic carbocycles. The van der Waals surface area contributed by atoms with Gasteiger partial charge in [0.15, 0.2) is 0 Å². The van der Waals surface area contributed by atoms with E-state index in [0.29, 0.717) is 0 Å². The Morgan fingerprint density at radius 3 is 2.35 bits per heavy atom. The Balaban J connectivity index is 1.62. The van der Waals surface area contributed by atoms with Gasteiger partial charge in [-0.1, -0.05) is 6.42 Å². The second-order valence-electron chi connectivity index (χ2n) is 6.46. The van der Waals surface area contributed by atoms with Crippen molar-refractivity contribution in [2.75, 3.05) is 46.7 Å². The molecule has 0 spiro atoms. The first kappa shape index (κ1) is 16.9. The maximum atomic E-state index is 5.59. The average molecular weight is 337 g/mol. The SMILES string of the molecule is COc1cc(SC)c(OC)cc1CN1CC(N2CCCCC2)C1. The molecule has 0 unspecified atom stereocenters. The summed E-state index contributed by atoms with van der Waals surface area (Å²) >= 11 is 1.69. The minimum atomic E-state index is 0.758. The van der Waals surface area contributed by atoms with Crippen molar-refractivity contribution in [3.05, 3.63) is 17.7 Å². The van der Waals surface area contributed by atoms with Crippen LogP contribution < -0.4 is 9.47 Å². The number of hydrogen-bond acceptors (Lipinski definition) is 5. The lowest BCUT2D eigenvalue weighted by Gasteiger charge is -2.47. The number of ether oxygens (including phenoxy) is 2. The highest BCUT2D eigenvalue weighted by molar-refractivity contribution is 7.98. The second-order valence-corrected chi connectivity index (χ2v) is 7.31. The van der Waals surface area contributed by atoms with Gasteiger partial charge in [0.05, 0.1) is 19.1 Å². The maximum Gasteiger partial charge on any atom is 0.132 e. The molecule has 1 aromatic rings. The molecule has 128 valence electrons. The van der Waals surface area contributed by atoms with Gasteiger partial charge < -0.3 is 9.47 Å². The molecule has 0 N–H and O–H groups in total. The molecule has 0 radical (unpaired) electrons. The summed E-state index contributed by atoms with van der Waals surface area (Å²) in [5, 5.41) is 0. The van der Waals surface area contributed by atoms with Crippen molar-refractivity contribution in [1.82, 2.24) is 9.80 Å². The van der Waals surface area contributed by atoms with Crippen LogP contribution in [0.5, 0.6) is 11.5 Å². The zero-order valence-electron chi connectivity index (χ0n) is 14.5. The highest BCUT2D eigenvalue weighted by Crippen LogP contribution is 2.35. The van der Waals surface area contributed by atoms with Crippen molar-refractivity contribution in [1.29, 1.82) is 0 Å². The predicted molar refractivity (Wildman–Crippen MR) is 95.8 cm³/mol. The summed E-state index contributed by atoms with van der Waals surface area (Å²) in [6.07, 6.45) is 6.22. The Labute approximate surface area is 144 Å². The van der Waals surface area contributed by atoms with Crippen LogP contribution >= 0.6 is 11.8 Å². The molecule has 2 saturated heterocycles. The molecular formula is C18H28N2O2S. The molecule has 0 aliphatic carbocycles. The molecule has 2 aliphatic heterocycles. The van der Waals surface area contributed by atoms with E-state index >= 15 is 0 Å². The summed E-state index contributed by atoms with van der Waals surface area (Å²) in [4.78, 5) is 6.31. The summed E-state index contributed by atoms with van der Waals surface area (Å²) in [7, 11) is 3.49. The van der Waals surface area contributed by atoms with Crippen LogP contribution in [0.4, 0.5) is 0 Å². The number of methoxy groups -OCH3 is 2. The van der Waals surface area contributed by atoms with Gasteiger partial charge in [-0.15, -0.1) is 11.8 Å². The molecule has 2 aliphatic rings. The Bertz CT molecular complexity index is 526. The normalized spacial score (nSPS) is 20.3. The molecule has 0 aromatic heterocycles. The first-order chi connectivity index (χ1) is 11.2. The van der Waals surface area contributed by atoms with Gasteiger partial charge in [0.25, 0.3) is 0 Å². The Morgan fingerprint density at radius 1 is 1.04 bits per heavy atom. The molecule has 2 heterocycles. The third-order valence-electron chi connectivity index (χ3n) is 5.03. The standard InChI is InChI=1S/C18H28N2O2S/c1-21-16-10-18(23-3)17(22-2)9-14(16)11-19-12-15(13-19)20-7-5-4-6-8-20/h9-10,15H,4-8,11-13H2,1-3H3. The number of likely N-dealkylation sites (tertiary alicyclic amines) is 2. The quantitative estimate of drug-likeness (QED) is 0.744. The van der Waals surface area contributed by atoms with Gasteiger partial charge in [-0.3, -0.25) is 9.80 Å². The topological polar surface area (TPSA) is 24.9 Å². The third kappa shape index (κ3) is 3.78. The van der Waals surface area contributed by atoms with Gasteiger partial charge in [0, 0.05) is 31.2 Å². The molecule has 4 nitrogen and oxygen atoms in total. The van der Waals surface area contributed by atoms with E-state index in [1.165, 1.54) is 51.0 Å². The highest BCUT2D eigenvalue weighted by Gasteiger charge is 2.32. The maximum absolute atomic E-state index is 5.59. The molecule has 5 heteroatoms. The van der Waals surface area contributed by atoms with E-state index in [4.69, 9.17) is 9.47 Å². The van der Waals surface area contributed by atoms with Crippen LogP contribution in [0.25, 0.3) is 0 Å². The van der Waals surface area contributed by atoms with Crippen molar-refractivity contribution >= 4 is 11.8 Å². The Hall–Kier alpha value is -0.910. The summed E-state index contributed by atoms with van der Waals surface area (Å²) in [5.74, 6) is 1.91. The van der Waals surface area contributed by atoms with Crippen LogP contribution in [0.2, 0.25) is 0 Å². The lowest BCUT2D eigenvalue weighted by molar-refractivity contribution is 0.0182. The number of piperidine rings is 1.